The van der Waals surface area contributed by atoms with Crippen molar-refractivity contribution in [1.29, 1.82) is 0 Å². The first-order valence-electron chi connectivity index (χ1n) is 5.15. The van der Waals surface area contributed by atoms with Gasteiger partial charge in [0.25, 0.3) is 0 Å². The topological polar surface area (TPSA) is 35.2 Å². The highest BCUT2D eigenvalue weighted by molar-refractivity contribution is 4.78. The Morgan fingerprint density at radius 3 is 2.58 bits per heavy atom. The van der Waals surface area contributed by atoms with E-state index in [4.69, 9.17) is 10.5 Å². The van der Waals surface area contributed by atoms with E-state index >= 15 is 0 Å². The Kier molecular flexibility index (Phi) is 4.02. The Bertz CT molecular complexity index is 123. The average molecular weight is 171 g/mol. The van der Waals surface area contributed by atoms with Gasteiger partial charge in [-0.05, 0) is 18.8 Å². The summed E-state index contributed by atoms with van der Waals surface area (Å²) in [6.45, 7) is 5.33. The van der Waals surface area contributed by atoms with Gasteiger partial charge in [-0.3, -0.25) is 0 Å². The fourth-order valence-electron chi connectivity index (χ4n) is 2.00. The van der Waals surface area contributed by atoms with Crippen LogP contribution in [0, 0.1) is 5.92 Å². The maximum Gasteiger partial charge on any atom is 0.0617 e. The predicted molar refractivity (Wildman–Crippen MR) is 51.0 cm³/mol. The molecule has 0 unspecified atom stereocenters. The van der Waals surface area contributed by atoms with Crippen LogP contribution >= 0.6 is 0 Å². The minimum Gasteiger partial charge on any atom is -0.378 e. The Labute approximate surface area is 75.5 Å². The van der Waals surface area contributed by atoms with Gasteiger partial charge in [-0.25, -0.2) is 0 Å². The number of hydrogen-bond donors (Lipinski definition) is 1. The van der Waals surface area contributed by atoms with E-state index in [2.05, 4.69) is 13.8 Å². The number of nitrogens with two attached hydrogens (primary N) is 1. The van der Waals surface area contributed by atoms with E-state index in [0.29, 0.717) is 12.1 Å². The average Bonchev–Trinajstić information content (AvgIpc) is 2.07. The van der Waals surface area contributed by atoms with Gasteiger partial charge in [0, 0.05) is 12.6 Å². The molecule has 0 aromatic carbocycles. The third-order valence-corrected chi connectivity index (χ3v) is 2.93. The first-order valence-corrected chi connectivity index (χ1v) is 5.15. The van der Waals surface area contributed by atoms with Gasteiger partial charge in [-0.15, -0.1) is 0 Å². The lowest BCUT2D eigenvalue weighted by Crippen LogP contribution is -2.38. The molecule has 0 amide bonds. The molecule has 2 heteroatoms. The molecule has 0 aromatic heterocycles. The van der Waals surface area contributed by atoms with Gasteiger partial charge in [-0.2, -0.15) is 0 Å². The molecule has 2 atom stereocenters. The lowest BCUT2D eigenvalue weighted by Gasteiger charge is -2.32. The van der Waals surface area contributed by atoms with Crippen LogP contribution in [-0.4, -0.2) is 18.8 Å². The lowest BCUT2D eigenvalue weighted by atomic mass is 9.90. The highest BCUT2D eigenvalue weighted by atomic mass is 16.5. The minimum atomic E-state index is 0.379. The molecule has 72 valence electrons. The van der Waals surface area contributed by atoms with E-state index in [1.165, 1.54) is 12.8 Å². The molecule has 0 radical (unpaired) electrons. The van der Waals surface area contributed by atoms with Crippen LogP contribution in [0.5, 0.6) is 0 Å². The van der Waals surface area contributed by atoms with Gasteiger partial charge in [-0.1, -0.05) is 26.7 Å². The van der Waals surface area contributed by atoms with Crippen molar-refractivity contribution in [2.45, 2.75) is 51.7 Å². The fraction of sp³-hybridized carbons (Fsp3) is 1.00. The molecule has 0 aromatic rings. The van der Waals surface area contributed by atoms with Crippen molar-refractivity contribution in [3.63, 3.8) is 0 Å². The van der Waals surface area contributed by atoms with Crippen LogP contribution in [0.15, 0.2) is 0 Å². The first-order chi connectivity index (χ1) is 5.77. The SMILES string of the molecule is CCC(CC)[C@@H]1C[C@H](N)CCO1. The van der Waals surface area contributed by atoms with Gasteiger partial charge < -0.3 is 10.5 Å². The molecule has 1 aliphatic heterocycles. The zero-order valence-corrected chi connectivity index (χ0v) is 8.25. The molecule has 0 bridgehead atoms. The van der Waals surface area contributed by atoms with Crippen molar-refractivity contribution in [1.82, 2.24) is 0 Å². The molecule has 0 spiro atoms. The second kappa shape index (κ2) is 4.83. The summed E-state index contributed by atoms with van der Waals surface area (Å²) in [6, 6.07) is 0.379. The standard InChI is InChI=1S/C10H21NO/c1-3-8(4-2)10-7-9(11)5-6-12-10/h8-10H,3-7,11H2,1-2H3/t9-,10+/m1/s1. The summed E-state index contributed by atoms with van der Waals surface area (Å²) in [5.74, 6) is 0.719. The zero-order valence-electron chi connectivity index (χ0n) is 8.25. The van der Waals surface area contributed by atoms with E-state index in [0.717, 1.165) is 25.4 Å². The molecule has 2 N–H and O–H groups in total. The van der Waals surface area contributed by atoms with Crippen LogP contribution in [0.3, 0.4) is 0 Å². The van der Waals surface area contributed by atoms with E-state index in [9.17, 15) is 0 Å². The summed E-state index contributed by atoms with van der Waals surface area (Å²) < 4.78 is 5.71. The van der Waals surface area contributed by atoms with Gasteiger partial charge in [0.05, 0.1) is 6.10 Å². The molecule has 2 nitrogen and oxygen atoms in total. The van der Waals surface area contributed by atoms with Gasteiger partial charge >= 0.3 is 0 Å². The summed E-state index contributed by atoms with van der Waals surface area (Å²) >= 11 is 0. The van der Waals surface area contributed by atoms with E-state index in [1.54, 1.807) is 0 Å². The summed E-state index contributed by atoms with van der Waals surface area (Å²) in [6.07, 6.45) is 4.97. The third kappa shape index (κ3) is 2.46. The van der Waals surface area contributed by atoms with E-state index < -0.39 is 0 Å². The van der Waals surface area contributed by atoms with Crippen molar-refractivity contribution < 1.29 is 4.74 Å². The normalized spacial score (nSPS) is 31.0. The Morgan fingerprint density at radius 1 is 1.42 bits per heavy atom. The van der Waals surface area contributed by atoms with Crippen molar-refractivity contribution in [2.24, 2.45) is 11.7 Å². The van der Waals surface area contributed by atoms with Gasteiger partial charge in [0.2, 0.25) is 0 Å². The van der Waals surface area contributed by atoms with Crippen LogP contribution in [0.25, 0.3) is 0 Å². The molecule has 0 aliphatic carbocycles. The fourth-order valence-corrected chi connectivity index (χ4v) is 2.00. The van der Waals surface area contributed by atoms with Crippen LogP contribution < -0.4 is 5.73 Å². The molecule has 1 saturated heterocycles. The van der Waals surface area contributed by atoms with Gasteiger partial charge in [0.15, 0.2) is 0 Å². The number of ether oxygens (including phenoxy) is 1. The van der Waals surface area contributed by atoms with Crippen molar-refractivity contribution in [2.75, 3.05) is 6.61 Å². The minimum absolute atomic E-state index is 0.379. The number of rotatable bonds is 3. The molecular formula is C10H21NO. The van der Waals surface area contributed by atoms with Crippen molar-refractivity contribution in [3.05, 3.63) is 0 Å². The summed E-state index contributed by atoms with van der Waals surface area (Å²) in [7, 11) is 0. The smallest absolute Gasteiger partial charge is 0.0617 e. The molecule has 0 saturated carbocycles. The van der Waals surface area contributed by atoms with Crippen LogP contribution in [0.2, 0.25) is 0 Å². The maximum atomic E-state index is 5.89. The molecular weight excluding hydrogens is 150 g/mol. The van der Waals surface area contributed by atoms with Gasteiger partial charge in [0.1, 0.15) is 0 Å². The summed E-state index contributed by atoms with van der Waals surface area (Å²) in [5.41, 5.74) is 5.89. The molecule has 1 aliphatic rings. The quantitative estimate of drug-likeness (QED) is 0.704. The monoisotopic (exact) mass is 171 g/mol. The second-order valence-corrected chi connectivity index (χ2v) is 3.77. The van der Waals surface area contributed by atoms with E-state index in [1.807, 2.05) is 0 Å². The van der Waals surface area contributed by atoms with Crippen molar-refractivity contribution in [3.8, 4) is 0 Å². The third-order valence-electron chi connectivity index (χ3n) is 2.93. The lowest BCUT2D eigenvalue weighted by molar-refractivity contribution is -0.0296. The second-order valence-electron chi connectivity index (χ2n) is 3.77. The summed E-state index contributed by atoms with van der Waals surface area (Å²) in [5, 5.41) is 0. The first kappa shape index (κ1) is 10.0. The number of hydrogen-bond acceptors (Lipinski definition) is 2. The largest absolute Gasteiger partial charge is 0.378 e. The molecule has 1 rings (SSSR count). The van der Waals surface area contributed by atoms with Crippen LogP contribution in [0.1, 0.15) is 39.5 Å². The van der Waals surface area contributed by atoms with Crippen LogP contribution in [-0.2, 0) is 4.74 Å². The highest BCUT2D eigenvalue weighted by Crippen LogP contribution is 2.24. The molecule has 1 heterocycles. The Balaban J connectivity index is 2.38. The molecule has 1 fully saturated rings. The Morgan fingerprint density at radius 2 is 2.08 bits per heavy atom. The predicted octanol–water partition coefficient (Wildman–Crippen LogP) is 1.93. The van der Waals surface area contributed by atoms with Crippen LogP contribution in [0.4, 0.5) is 0 Å². The zero-order chi connectivity index (χ0) is 8.97. The summed E-state index contributed by atoms with van der Waals surface area (Å²) in [4.78, 5) is 0. The molecule has 12 heavy (non-hydrogen) atoms. The van der Waals surface area contributed by atoms with E-state index in [-0.39, 0.29) is 0 Å². The highest BCUT2D eigenvalue weighted by Gasteiger charge is 2.25. The van der Waals surface area contributed by atoms with Crippen molar-refractivity contribution >= 4 is 0 Å². The maximum absolute atomic E-state index is 5.89. The Hall–Kier alpha value is -0.0800.